The van der Waals surface area contributed by atoms with Gasteiger partial charge in [-0.2, -0.15) is 0 Å². The normalized spacial score (nSPS) is 16.4. The third-order valence-corrected chi connectivity index (χ3v) is 6.77. The number of benzene rings is 1. The first-order chi connectivity index (χ1) is 19.1. The Morgan fingerprint density at radius 2 is 1.95 bits per heavy atom. The van der Waals surface area contributed by atoms with Gasteiger partial charge in [0.05, 0.1) is 17.2 Å². The summed E-state index contributed by atoms with van der Waals surface area (Å²) >= 11 is 0. The number of aromatic nitrogens is 3. The number of carbonyl (C=O) groups is 1. The first-order valence-corrected chi connectivity index (χ1v) is 13.5. The number of rotatable bonds is 8. The van der Waals surface area contributed by atoms with Crippen LogP contribution in [0.3, 0.4) is 0 Å². The molecule has 1 unspecified atom stereocenters. The Morgan fingerprint density at radius 3 is 2.60 bits per heavy atom. The highest BCUT2D eigenvalue weighted by Crippen LogP contribution is 2.36. The molecule has 0 saturated carbocycles. The Labute approximate surface area is 233 Å². The van der Waals surface area contributed by atoms with E-state index < -0.39 is 11.6 Å². The molecule has 40 heavy (non-hydrogen) atoms. The van der Waals surface area contributed by atoms with Crippen LogP contribution in [0, 0.1) is 11.6 Å². The summed E-state index contributed by atoms with van der Waals surface area (Å²) < 4.78 is 35.5. The van der Waals surface area contributed by atoms with Crippen LogP contribution >= 0.6 is 0 Å². The van der Waals surface area contributed by atoms with E-state index in [1.54, 1.807) is 21.9 Å². The number of nitrogens with zero attached hydrogens (tertiary/aromatic N) is 6. The number of ether oxygens (including phenoxy) is 1. The average molecular weight is 551 g/mol. The number of hydrogen-bond donors (Lipinski definition) is 0. The van der Waals surface area contributed by atoms with Gasteiger partial charge in [-0.1, -0.05) is 26.0 Å². The molecular formula is C30H36F2N6O2. The zero-order valence-corrected chi connectivity index (χ0v) is 23.7. The van der Waals surface area contributed by atoms with Gasteiger partial charge in [0.2, 0.25) is 0 Å². The van der Waals surface area contributed by atoms with E-state index >= 15 is 0 Å². The fraction of sp³-hybridized carbons (Fsp3) is 0.400. The number of aliphatic imine (C=N–C) groups is 1. The maximum absolute atomic E-state index is 14.2. The highest BCUT2D eigenvalue weighted by Gasteiger charge is 2.31. The quantitative estimate of drug-likeness (QED) is 0.298. The van der Waals surface area contributed by atoms with Crippen LogP contribution in [0.15, 0.2) is 54.6 Å². The fourth-order valence-electron chi connectivity index (χ4n) is 4.76. The predicted octanol–water partition coefficient (Wildman–Crippen LogP) is 6.54. The summed E-state index contributed by atoms with van der Waals surface area (Å²) in [5.74, 6) is -0.734. The van der Waals surface area contributed by atoms with Gasteiger partial charge in [0.1, 0.15) is 23.8 Å². The number of hydrogen-bond acceptors (Lipinski definition) is 6. The molecule has 0 spiro atoms. The van der Waals surface area contributed by atoms with Gasteiger partial charge in [0.15, 0.2) is 5.65 Å². The Kier molecular flexibility index (Phi) is 8.96. The van der Waals surface area contributed by atoms with Crippen molar-refractivity contribution in [2.24, 2.45) is 4.99 Å². The van der Waals surface area contributed by atoms with E-state index in [1.807, 2.05) is 33.8 Å². The van der Waals surface area contributed by atoms with Crippen LogP contribution < -0.4 is 4.90 Å². The number of anilines is 1. The van der Waals surface area contributed by atoms with Gasteiger partial charge in [-0.25, -0.2) is 23.5 Å². The maximum Gasteiger partial charge on any atom is 0.410 e. The molecule has 0 bridgehead atoms. The van der Waals surface area contributed by atoms with Gasteiger partial charge in [-0.05, 0) is 51.8 Å². The molecule has 212 valence electrons. The second-order valence-electron chi connectivity index (χ2n) is 10.2. The summed E-state index contributed by atoms with van der Waals surface area (Å²) in [5, 5.41) is 0.689. The minimum Gasteiger partial charge on any atom is -0.447 e. The molecule has 0 radical (unpaired) electrons. The molecule has 2 aromatic heterocycles. The Hall–Kier alpha value is -4.08. The van der Waals surface area contributed by atoms with E-state index in [-0.39, 0.29) is 23.9 Å². The van der Waals surface area contributed by atoms with E-state index in [0.29, 0.717) is 53.3 Å². The molecule has 3 aromatic rings. The van der Waals surface area contributed by atoms with Gasteiger partial charge in [-0.15, -0.1) is 0 Å². The summed E-state index contributed by atoms with van der Waals surface area (Å²) in [4.78, 5) is 30.1. The maximum atomic E-state index is 14.2. The number of fused-ring (bicyclic) bond motifs is 1. The highest BCUT2D eigenvalue weighted by atomic mass is 19.1. The lowest BCUT2D eigenvalue weighted by Gasteiger charge is -2.40. The van der Waals surface area contributed by atoms with Crippen LogP contribution in [-0.4, -0.2) is 63.0 Å². The summed E-state index contributed by atoms with van der Waals surface area (Å²) in [7, 11) is 0. The van der Waals surface area contributed by atoms with Crippen molar-refractivity contribution in [2.45, 2.75) is 59.6 Å². The fourth-order valence-corrected chi connectivity index (χ4v) is 4.76. The highest BCUT2D eigenvalue weighted by molar-refractivity contribution is 6.25. The van der Waals surface area contributed by atoms with E-state index in [4.69, 9.17) is 4.74 Å². The third kappa shape index (κ3) is 6.21. The minimum atomic E-state index is -0.691. The smallest absolute Gasteiger partial charge is 0.410 e. The molecule has 1 aliphatic heterocycles. The van der Waals surface area contributed by atoms with Crippen LogP contribution in [-0.2, 0) is 4.74 Å². The van der Waals surface area contributed by atoms with Gasteiger partial charge in [0.25, 0.3) is 0 Å². The van der Waals surface area contributed by atoms with Crippen LogP contribution in [0.4, 0.5) is 19.4 Å². The number of amides is 1. The molecule has 1 aliphatic rings. The van der Waals surface area contributed by atoms with Gasteiger partial charge in [-0.3, -0.25) is 4.99 Å². The van der Waals surface area contributed by atoms with E-state index in [9.17, 15) is 13.6 Å². The predicted molar refractivity (Wildman–Crippen MR) is 155 cm³/mol. The number of unbranched alkanes of at least 4 members (excludes halogenated alkanes) is 1. The lowest BCUT2D eigenvalue weighted by Crippen LogP contribution is -2.54. The van der Waals surface area contributed by atoms with Crippen LogP contribution in [0.5, 0.6) is 0 Å². The SMILES string of the molecule is C=C(C(C)=N/C=C\CCC)c1cn(-c2cc(F)cc(F)c2)c2ncnc(N3CCN(C(=O)OC(C)C)CC3C)c12. The molecule has 1 atom stereocenters. The number of allylic oxidation sites excluding steroid dienone is 2. The van der Waals surface area contributed by atoms with Crippen molar-refractivity contribution in [3.05, 3.63) is 66.8 Å². The van der Waals surface area contributed by atoms with Crippen molar-refractivity contribution < 1.29 is 18.3 Å². The lowest BCUT2D eigenvalue weighted by atomic mass is 10.0. The second kappa shape index (κ2) is 12.4. The van der Waals surface area contributed by atoms with Crippen molar-refractivity contribution in [3.8, 4) is 5.69 Å². The molecule has 1 aromatic carbocycles. The van der Waals surface area contributed by atoms with E-state index in [1.165, 1.54) is 18.5 Å². The van der Waals surface area contributed by atoms with Crippen LogP contribution in [0.2, 0.25) is 0 Å². The Balaban J connectivity index is 1.81. The summed E-state index contributed by atoms with van der Waals surface area (Å²) in [6.07, 6.45) is 8.36. The van der Waals surface area contributed by atoms with Crippen molar-refractivity contribution in [2.75, 3.05) is 24.5 Å². The zero-order chi connectivity index (χ0) is 29.0. The average Bonchev–Trinajstić information content (AvgIpc) is 3.29. The second-order valence-corrected chi connectivity index (χ2v) is 10.2. The van der Waals surface area contributed by atoms with E-state index in [2.05, 4.69) is 33.4 Å². The largest absolute Gasteiger partial charge is 0.447 e. The number of halogens is 2. The topological polar surface area (TPSA) is 75.9 Å². The molecule has 0 N–H and O–H groups in total. The van der Waals surface area contributed by atoms with Gasteiger partial charge < -0.3 is 19.1 Å². The molecule has 1 amide bonds. The van der Waals surface area contributed by atoms with Crippen LogP contribution in [0.1, 0.15) is 53.0 Å². The standard InChI is InChI=1S/C30H36F2N6O2/c1-7-8-9-10-33-22(6)21(5)26-17-38(25-14-23(31)13-24(32)15-25)29-27(26)28(34-18-35-29)37-12-11-36(16-20(37)4)30(39)40-19(2)3/h9-10,13-15,17-20H,5,7-8,11-12,16H2,1-4,6H3/b10-9-,33-22?. The molecule has 10 heteroatoms. The van der Waals surface area contributed by atoms with Crippen LogP contribution in [0.25, 0.3) is 22.3 Å². The first-order valence-electron chi connectivity index (χ1n) is 13.5. The Morgan fingerprint density at radius 1 is 1.23 bits per heavy atom. The molecule has 3 heterocycles. The summed E-state index contributed by atoms with van der Waals surface area (Å²) in [6, 6.07) is 3.26. The number of carbonyl (C=O) groups excluding carboxylic acids is 1. The molecular weight excluding hydrogens is 514 g/mol. The monoisotopic (exact) mass is 550 g/mol. The molecule has 1 fully saturated rings. The molecule has 8 nitrogen and oxygen atoms in total. The third-order valence-electron chi connectivity index (χ3n) is 6.77. The Bertz CT molecular complexity index is 1440. The zero-order valence-electron chi connectivity index (χ0n) is 23.7. The summed E-state index contributed by atoms with van der Waals surface area (Å²) in [5.41, 5.74) is 2.81. The molecule has 1 saturated heterocycles. The molecule has 0 aliphatic carbocycles. The lowest BCUT2D eigenvalue weighted by molar-refractivity contribution is 0.0715. The van der Waals surface area contributed by atoms with Crippen molar-refractivity contribution in [1.82, 2.24) is 19.4 Å². The summed E-state index contributed by atoms with van der Waals surface area (Å²) in [6.45, 7) is 15.4. The molecule has 4 rings (SSSR count). The van der Waals surface area contributed by atoms with Gasteiger partial charge in [0, 0.05) is 55.4 Å². The van der Waals surface area contributed by atoms with Crippen molar-refractivity contribution >= 4 is 34.2 Å². The van der Waals surface area contributed by atoms with Gasteiger partial charge >= 0.3 is 6.09 Å². The van der Waals surface area contributed by atoms with Crippen molar-refractivity contribution in [3.63, 3.8) is 0 Å². The first kappa shape index (κ1) is 28.9. The number of piperazine rings is 1. The van der Waals surface area contributed by atoms with E-state index in [0.717, 1.165) is 18.9 Å². The van der Waals surface area contributed by atoms with Crippen molar-refractivity contribution in [1.29, 1.82) is 0 Å². The minimum absolute atomic E-state index is 0.0885.